The van der Waals surface area contributed by atoms with Gasteiger partial charge in [0.25, 0.3) is 0 Å². The molecule has 2 aromatic carbocycles. The van der Waals surface area contributed by atoms with E-state index in [0.717, 1.165) is 17.7 Å². The number of halogens is 4. The molecule has 5 heteroatoms. The molecule has 2 aromatic rings. The van der Waals surface area contributed by atoms with Crippen LogP contribution in [-0.2, 0) is 6.54 Å². The molecule has 0 spiro atoms. The van der Waals surface area contributed by atoms with E-state index in [2.05, 4.69) is 5.32 Å². The normalized spacial score (nSPS) is 12.4. The summed E-state index contributed by atoms with van der Waals surface area (Å²) in [5.74, 6) is -3.81. The molecule has 0 unspecified atom stereocenters. The Hall–Kier alpha value is -1.52. The Balaban J connectivity index is 2.05. The molecule has 106 valence electrons. The van der Waals surface area contributed by atoms with Crippen molar-refractivity contribution in [3.63, 3.8) is 0 Å². The monoisotopic (exact) mass is 299 g/mol. The Labute approximate surface area is 120 Å². The van der Waals surface area contributed by atoms with Crippen molar-refractivity contribution < 1.29 is 13.2 Å². The highest BCUT2D eigenvalue weighted by Gasteiger charge is 2.11. The second-order valence-corrected chi connectivity index (χ2v) is 4.97. The summed E-state index contributed by atoms with van der Waals surface area (Å²) in [6.07, 6.45) is 0. The van der Waals surface area contributed by atoms with Crippen molar-refractivity contribution in [2.45, 2.75) is 19.5 Å². The molecule has 0 aliphatic rings. The van der Waals surface area contributed by atoms with E-state index in [1.54, 1.807) is 6.07 Å². The van der Waals surface area contributed by atoms with Crippen LogP contribution in [0.4, 0.5) is 13.2 Å². The van der Waals surface area contributed by atoms with Crippen LogP contribution in [-0.4, -0.2) is 0 Å². The molecule has 1 atom stereocenters. The van der Waals surface area contributed by atoms with Crippen LogP contribution in [0.3, 0.4) is 0 Å². The van der Waals surface area contributed by atoms with E-state index < -0.39 is 17.5 Å². The van der Waals surface area contributed by atoms with Gasteiger partial charge in [-0.15, -0.1) is 0 Å². The van der Waals surface area contributed by atoms with Gasteiger partial charge in [0.2, 0.25) is 0 Å². The molecule has 1 nitrogen and oxygen atoms in total. The lowest BCUT2D eigenvalue weighted by molar-refractivity contribution is 0.443. The van der Waals surface area contributed by atoms with Crippen LogP contribution in [0.5, 0.6) is 0 Å². The summed E-state index contributed by atoms with van der Waals surface area (Å²) >= 11 is 5.90. The zero-order valence-corrected chi connectivity index (χ0v) is 11.5. The Morgan fingerprint density at radius 3 is 2.35 bits per heavy atom. The van der Waals surface area contributed by atoms with E-state index in [1.165, 1.54) is 0 Å². The summed E-state index contributed by atoms with van der Waals surface area (Å²) in [7, 11) is 0. The van der Waals surface area contributed by atoms with Gasteiger partial charge in [0, 0.05) is 17.6 Å². The van der Waals surface area contributed by atoms with Gasteiger partial charge in [-0.1, -0.05) is 23.7 Å². The van der Waals surface area contributed by atoms with Crippen molar-refractivity contribution in [2.24, 2.45) is 0 Å². The molecule has 0 fully saturated rings. The minimum Gasteiger partial charge on any atom is -0.306 e. The van der Waals surface area contributed by atoms with E-state index in [0.29, 0.717) is 10.6 Å². The summed E-state index contributed by atoms with van der Waals surface area (Å²) in [4.78, 5) is 0. The number of hydrogen-bond donors (Lipinski definition) is 1. The maximum Gasteiger partial charge on any atom is 0.194 e. The highest BCUT2D eigenvalue weighted by Crippen LogP contribution is 2.19. The first-order valence-corrected chi connectivity index (χ1v) is 6.47. The summed E-state index contributed by atoms with van der Waals surface area (Å²) < 4.78 is 39.0. The van der Waals surface area contributed by atoms with Gasteiger partial charge in [0.15, 0.2) is 17.5 Å². The maximum absolute atomic E-state index is 13.1. The molecule has 20 heavy (non-hydrogen) atoms. The minimum absolute atomic E-state index is 0.0510. The highest BCUT2D eigenvalue weighted by atomic mass is 35.5. The van der Waals surface area contributed by atoms with Crippen LogP contribution in [0, 0.1) is 17.5 Å². The molecular formula is C15H13ClF3N. The summed E-state index contributed by atoms with van der Waals surface area (Å²) in [5, 5.41) is 3.72. The highest BCUT2D eigenvalue weighted by molar-refractivity contribution is 6.30. The average Bonchev–Trinajstić information content (AvgIpc) is 2.42. The summed E-state index contributed by atoms with van der Waals surface area (Å²) in [6, 6.07) is 9.22. The van der Waals surface area contributed by atoms with Gasteiger partial charge in [0.05, 0.1) is 0 Å². The first-order valence-electron chi connectivity index (χ1n) is 6.09. The van der Waals surface area contributed by atoms with Gasteiger partial charge in [-0.2, -0.15) is 0 Å². The zero-order chi connectivity index (χ0) is 14.7. The first-order chi connectivity index (χ1) is 9.47. The molecule has 0 saturated carbocycles. The van der Waals surface area contributed by atoms with Crippen molar-refractivity contribution in [3.05, 3.63) is 70.0 Å². The number of nitrogens with one attached hydrogen (secondary N) is 1. The largest absolute Gasteiger partial charge is 0.306 e. The number of rotatable bonds is 4. The SMILES string of the molecule is C[C@H](NCc1cc(F)c(F)c(F)c1)c1cccc(Cl)c1. The van der Waals surface area contributed by atoms with Crippen molar-refractivity contribution in [2.75, 3.05) is 0 Å². The minimum atomic E-state index is -1.45. The topological polar surface area (TPSA) is 12.0 Å². The van der Waals surface area contributed by atoms with Gasteiger partial charge in [0.1, 0.15) is 0 Å². The molecule has 0 radical (unpaired) electrons. The molecule has 2 rings (SSSR count). The van der Waals surface area contributed by atoms with Crippen molar-refractivity contribution in [1.82, 2.24) is 5.32 Å². The fourth-order valence-electron chi connectivity index (χ4n) is 1.87. The molecule has 0 aliphatic carbocycles. The van der Waals surface area contributed by atoms with Crippen LogP contribution in [0.2, 0.25) is 5.02 Å². The van der Waals surface area contributed by atoms with E-state index >= 15 is 0 Å². The van der Waals surface area contributed by atoms with E-state index in [9.17, 15) is 13.2 Å². The second-order valence-electron chi connectivity index (χ2n) is 4.53. The Bertz CT molecular complexity index is 593. The molecule has 0 heterocycles. The molecule has 0 aromatic heterocycles. The molecule has 1 N–H and O–H groups in total. The summed E-state index contributed by atoms with van der Waals surface area (Å²) in [5.41, 5.74) is 1.30. The van der Waals surface area contributed by atoms with Crippen LogP contribution in [0.1, 0.15) is 24.1 Å². The third kappa shape index (κ3) is 3.52. The van der Waals surface area contributed by atoms with Crippen molar-refractivity contribution >= 4 is 11.6 Å². The third-order valence-electron chi connectivity index (χ3n) is 3.00. The van der Waals surface area contributed by atoms with Crippen LogP contribution < -0.4 is 5.32 Å². The average molecular weight is 300 g/mol. The molecule has 0 saturated heterocycles. The number of benzene rings is 2. The van der Waals surface area contributed by atoms with Crippen molar-refractivity contribution in [3.8, 4) is 0 Å². The Morgan fingerprint density at radius 2 is 1.75 bits per heavy atom. The predicted molar refractivity (Wildman–Crippen MR) is 73.0 cm³/mol. The van der Waals surface area contributed by atoms with Crippen LogP contribution >= 0.6 is 11.6 Å². The van der Waals surface area contributed by atoms with Crippen molar-refractivity contribution in [1.29, 1.82) is 0 Å². The van der Waals surface area contributed by atoms with Gasteiger partial charge < -0.3 is 5.32 Å². The van der Waals surface area contributed by atoms with Gasteiger partial charge in [-0.3, -0.25) is 0 Å². The van der Waals surface area contributed by atoms with Gasteiger partial charge >= 0.3 is 0 Å². The second kappa shape index (κ2) is 6.29. The van der Waals surface area contributed by atoms with Gasteiger partial charge in [-0.25, -0.2) is 13.2 Å². The molecule has 0 bridgehead atoms. The smallest absolute Gasteiger partial charge is 0.194 e. The van der Waals surface area contributed by atoms with Crippen LogP contribution in [0.15, 0.2) is 36.4 Å². The van der Waals surface area contributed by atoms with Gasteiger partial charge in [-0.05, 0) is 42.3 Å². The third-order valence-corrected chi connectivity index (χ3v) is 3.24. The summed E-state index contributed by atoms with van der Waals surface area (Å²) in [6.45, 7) is 2.13. The zero-order valence-electron chi connectivity index (χ0n) is 10.8. The lowest BCUT2D eigenvalue weighted by atomic mass is 10.1. The molecular weight excluding hydrogens is 287 g/mol. The van der Waals surface area contributed by atoms with E-state index in [4.69, 9.17) is 11.6 Å². The fraction of sp³-hybridized carbons (Fsp3) is 0.200. The molecule has 0 amide bonds. The Kier molecular flexibility index (Phi) is 4.68. The van der Waals surface area contributed by atoms with E-state index in [1.807, 2.05) is 25.1 Å². The maximum atomic E-state index is 13.1. The standard InChI is InChI=1S/C15H13ClF3N/c1-9(11-3-2-4-12(16)7-11)20-8-10-5-13(17)15(19)14(18)6-10/h2-7,9,20H,8H2,1H3/t9-/m0/s1. The molecule has 0 aliphatic heterocycles. The lowest BCUT2D eigenvalue weighted by Gasteiger charge is -2.15. The fourth-order valence-corrected chi connectivity index (χ4v) is 2.07. The number of hydrogen-bond acceptors (Lipinski definition) is 1. The first kappa shape index (κ1) is 14.9. The van der Waals surface area contributed by atoms with E-state index in [-0.39, 0.29) is 12.6 Å². The predicted octanol–water partition coefficient (Wildman–Crippen LogP) is 4.61. The lowest BCUT2D eigenvalue weighted by Crippen LogP contribution is -2.18. The van der Waals surface area contributed by atoms with Crippen LogP contribution in [0.25, 0.3) is 0 Å². The quantitative estimate of drug-likeness (QED) is 0.813. The Morgan fingerprint density at radius 1 is 1.10 bits per heavy atom.